The van der Waals surface area contributed by atoms with Crippen LogP contribution in [0.2, 0.25) is 0 Å². The normalized spacial score (nSPS) is 20.4. The predicted molar refractivity (Wildman–Crippen MR) is 50.5 cm³/mol. The predicted octanol–water partition coefficient (Wildman–Crippen LogP) is 2.66. The van der Waals surface area contributed by atoms with Gasteiger partial charge < -0.3 is 0 Å². The maximum atomic E-state index is 4.09. The first kappa shape index (κ1) is 6.68. The molecule has 0 bridgehead atoms. The Morgan fingerprint density at radius 3 is 3.27 bits per heavy atom. The Bertz CT molecular complexity index is 306. The largest absolute Gasteiger partial charge is 0.264 e. The molecular weight excluding hydrogens is 154 g/mol. The minimum Gasteiger partial charge on any atom is -0.264 e. The number of nitrogens with zero attached hydrogens (tertiary/aromatic N) is 1. The van der Waals surface area contributed by atoms with Gasteiger partial charge in [-0.25, -0.2) is 0 Å². The van der Waals surface area contributed by atoms with Crippen LogP contribution in [0.15, 0.2) is 51.4 Å². The molecule has 54 valence electrons. The smallest absolute Gasteiger partial charge is 0.0413 e. The molecule has 0 aromatic rings. The van der Waals surface area contributed by atoms with E-state index in [1.165, 1.54) is 10.5 Å². The van der Waals surface area contributed by atoms with Crippen LogP contribution in [0, 0.1) is 0 Å². The van der Waals surface area contributed by atoms with Crippen molar-refractivity contribution in [3.63, 3.8) is 0 Å². The fourth-order valence-electron chi connectivity index (χ4n) is 0.955. The van der Waals surface area contributed by atoms with Gasteiger partial charge >= 0.3 is 0 Å². The van der Waals surface area contributed by atoms with Crippen LogP contribution >= 0.6 is 11.8 Å². The highest BCUT2D eigenvalue weighted by molar-refractivity contribution is 8.06. The van der Waals surface area contributed by atoms with E-state index in [-0.39, 0.29) is 0 Å². The Morgan fingerprint density at radius 2 is 2.27 bits per heavy atom. The van der Waals surface area contributed by atoms with Gasteiger partial charge in [0.05, 0.1) is 0 Å². The molecule has 0 saturated carbocycles. The zero-order chi connectivity index (χ0) is 7.52. The number of hydrogen-bond acceptors (Lipinski definition) is 2. The van der Waals surface area contributed by atoms with E-state index < -0.39 is 0 Å². The minimum atomic E-state index is 1.22. The zero-order valence-electron chi connectivity index (χ0n) is 5.90. The van der Waals surface area contributed by atoms with Gasteiger partial charge in [-0.05, 0) is 17.1 Å². The second-order valence-corrected chi connectivity index (χ2v) is 3.17. The molecule has 0 fully saturated rings. The van der Waals surface area contributed by atoms with E-state index in [1.54, 1.807) is 18.0 Å². The summed E-state index contributed by atoms with van der Waals surface area (Å²) in [4.78, 5) is 5.31. The van der Waals surface area contributed by atoms with Crippen LogP contribution in [-0.2, 0) is 0 Å². The topological polar surface area (TPSA) is 12.4 Å². The van der Waals surface area contributed by atoms with Gasteiger partial charge in [0, 0.05) is 17.3 Å². The lowest BCUT2D eigenvalue weighted by atomic mass is 10.2. The van der Waals surface area contributed by atoms with Crippen molar-refractivity contribution in [1.82, 2.24) is 0 Å². The third-order valence-electron chi connectivity index (χ3n) is 1.47. The molecule has 0 unspecified atom stereocenters. The first-order valence-corrected chi connectivity index (χ1v) is 4.29. The first-order chi connectivity index (χ1) is 5.47. The van der Waals surface area contributed by atoms with Gasteiger partial charge in [-0.15, -0.1) is 0 Å². The van der Waals surface area contributed by atoms with Crippen molar-refractivity contribution < 1.29 is 0 Å². The first-order valence-electron chi connectivity index (χ1n) is 3.41. The van der Waals surface area contributed by atoms with E-state index >= 15 is 0 Å². The molecule has 0 aromatic carbocycles. The lowest BCUT2D eigenvalue weighted by molar-refractivity contribution is 1.55. The van der Waals surface area contributed by atoms with Gasteiger partial charge in [0.15, 0.2) is 0 Å². The Balaban J connectivity index is 2.44. The SMILES string of the molecule is C1=CSC2=CN=CC=CC2=C1. The number of allylic oxidation sites excluding steroid dienone is 5. The second-order valence-electron chi connectivity index (χ2n) is 2.22. The molecule has 0 aromatic heterocycles. The molecule has 0 aliphatic carbocycles. The minimum absolute atomic E-state index is 1.22. The molecule has 2 aliphatic heterocycles. The van der Waals surface area contributed by atoms with Crippen molar-refractivity contribution in [1.29, 1.82) is 0 Å². The van der Waals surface area contributed by atoms with E-state index in [2.05, 4.69) is 22.6 Å². The molecule has 0 atom stereocenters. The van der Waals surface area contributed by atoms with Crippen LogP contribution in [0.4, 0.5) is 0 Å². The Morgan fingerprint density at radius 1 is 1.27 bits per heavy atom. The Labute approximate surface area is 69.9 Å². The van der Waals surface area contributed by atoms with Crippen molar-refractivity contribution >= 4 is 18.0 Å². The third-order valence-corrected chi connectivity index (χ3v) is 2.36. The Kier molecular flexibility index (Phi) is 1.78. The molecule has 0 spiro atoms. The molecule has 2 heteroatoms. The van der Waals surface area contributed by atoms with Crippen molar-refractivity contribution in [2.45, 2.75) is 0 Å². The quantitative estimate of drug-likeness (QED) is 0.532. The molecule has 2 heterocycles. The zero-order valence-corrected chi connectivity index (χ0v) is 6.71. The molecule has 2 aliphatic rings. The van der Waals surface area contributed by atoms with E-state index in [1.807, 2.05) is 18.4 Å². The maximum absolute atomic E-state index is 4.09. The Hall–Kier alpha value is -1.02. The molecule has 0 radical (unpaired) electrons. The number of hydrogen-bond donors (Lipinski definition) is 0. The fourth-order valence-corrected chi connectivity index (χ4v) is 1.65. The lowest BCUT2D eigenvalue weighted by Gasteiger charge is -2.05. The van der Waals surface area contributed by atoms with Crippen molar-refractivity contribution in [3.8, 4) is 0 Å². The highest BCUT2D eigenvalue weighted by Gasteiger charge is 2.04. The van der Waals surface area contributed by atoms with Gasteiger partial charge in [0.2, 0.25) is 0 Å². The van der Waals surface area contributed by atoms with Gasteiger partial charge in [0.25, 0.3) is 0 Å². The summed E-state index contributed by atoms with van der Waals surface area (Å²) in [6.45, 7) is 0. The standard InChI is InChI=1S/C9H7NS/c1-3-8-4-2-6-11-9(8)7-10-5-1/h1-7H. The van der Waals surface area contributed by atoms with Crippen molar-refractivity contribution in [2.24, 2.45) is 4.99 Å². The van der Waals surface area contributed by atoms with Crippen LogP contribution in [0.5, 0.6) is 0 Å². The van der Waals surface area contributed by atoms with Crippen LogP contribution < -0.4 is 0 Å². The van der Waals surface area contributed by atoms with E-state index in [9.17, 15) is 0 Å². The molecule has 0 saturated heterocycles. The van der Waals surface area contributed by atoms with Gasteiger partial charge in [-0.2, -0.15) is 0 Å². The summed E-state index contributed by atoms with van der Waals surface area (Å²) in [6.07, 6.45) is 11.8. The van der Waals surface area contributed by atoms with Crippen molar-refractivity contribution in [3.05, 3.63) is 46.4 Å². The summed E-state index contributed by atoms with van der Waals surface area (Å²) in [5.74, 6) is 0. The summed E-state index contributed by atoms with van der Waals surface area (Å²) < 4.78 is 0. The van der Waals surface area contributed by atoms with Gasteiger partial charge in [-0.1, -0.05) is 30.0 Å². The van der Waals surface area contributed by atoms with Crippen LogP contribution in [0.3, 0.4) is 0 Å². The summed E-state index contributed by atoms with van der Waals surface area (Å²) in [5.41, 5.74) is 1.25. The fraction of sp³-hybridized carbons (Fsp3) is 0. The molecule has 1 nitrogen and oxygen atoms in total. The average Bonchev–Trinajstić information content (AvgIpc) is 2.28. The summed E-state index contributed by atoms with van der Waals surface area (Å²) >= 11 is 1.71. The van der Waals surface area contributed by atoms with Crippen LogP contribution in [0.1, 0.15) is 0 Å². The van der Waals surface area contributed by atoms with Crippen LogP contribution in [-0.4, -0.2) is 6.21 Å². The number of aliphatic imine (C=N–C) groups is 1. The second kappa shape index (κ2) is 2.93. The van der Waals surface area contributed by atoms with E-state index in [0.29, 0.717) is 0 Å². The van der Waals surface area contributed by atoms with Gasteiger partial charge in [-0.3, -0.25) is 4.99 Å². The highest BCUT2D eigenvalue weighted by Crippen LogP contribution is 2.30. The lowest BCUT2D eigenvalue weighted by Crippen LogP contribution is -1.82. The average molecular weight is 161 g/mol. The molecular formula is C9H7NS. The summed E-state index contributed by atoms with van der Waals surface area (Å²) in [6, 6.07) is 0. The molecule has 2 rings (SSSR count). The molecule has 0 N–H and O–H groups in total. The third kappa shape index (κ3) is 1.35. The summed E-state index contributed by atoms with van der Waals surface area (Å²) in [7, 11) is 0. The monoisotopic (exact) mass is 161 g/mol. The molecule has 11 heavy (non-hydrogen) atoms. The van der Waals surface area contributed by atoms with Gasteiger partial charge in [0.1, 0.15) is 0 Å². The highest BCUT2D eigenvalue weighted by atomic mass is 32.2. The number of thioether (sulfide) groups is 1. The van der Waals surface area contributed by atoms with Crippen LogP contribution in [0.25, 0.3) is 0 Å². The van der Waals surface area contributed by atoms with E-state index in [0.717, 1.165) is 0 Å². The van der Waals surface area contributed by atoms with Crippen molar-refractivity contribution in [2.75, 3.05) is 0 Å². The van der Waals surface area contributed by atoms with E-state index in [4.69, 9.17) is 0 Å². The number of fused-ring (bicyclic) bond motifs is 1. The maximum Gasteiger partial charge on any atom is 0.0413 e. The molecule has 0 amide bonds. The number of rotatable bonds is 0. The summed E-state index contributed by atoms with van der Waals surface area (Å²) in [5, 5.41) is 2.06.